The van der Waals surface area contributed by atoms with Crippen molar-refractivity contribution in [2.75, 3.05) is 31.1 Å². The average molecular weight is 717 g/mol. The van der Waals surface area contributed by atoms with Crippen molar-refractivity contribution in [3.05, 3.63) is 61.1 Å². The molecule has 0 radical (unpaired) electrons. The van der Waals surface area contributed by atoms with Crippen LogP contribution in [0.25, 0.3) is 16.9 Å². The Kier molecular flexibility index (Phi) is 13.4. The maximum absolute atomic E-state index is 10.6. The first-order valence-electron chi connectivity index (χ1n) is 13.2. The number of hydrogen-bond acceptors (Lipinski definition) is 9. The van der Waals surface area contributed by atoms with Crippen LogP contribution in [0.1, 0.15) is 5.69 Å². The normalized spacial score (nSPS) is 13.6. The highest BCUT2D eigenvalue weighted by Gasteiger charge is 2.39. The van der Waals surface area contributed by atoms with Gasteiger partial charge >= 0.3 is 36.4 Å². The van der Waals surface area contributed by atoms with Gasteiger partial charge in [-0.05, 0) is 12.1 Å². The molecule has 4 aromatic heterocycles. The Hall–Kier alpha value is -5.48. The van der Waals surface area contributed by atoms with Gasteiger partial charge in [0.1, 0.15) is 0 Å². The van der Waals surface area contributed by atoms with Crippen LogP contribution < -0.4 is 4.90 Å². The average Bonchev–Trinajstić information content (AvgIpc) is 3.63. The van der Waals surface area contributed by atoms with Gasteiger partial charge in [-0.2, -0.15) is 44.6 Å². The van der Waals surface area contributed by atoms with E-state index in [1.54, 1.807) is 4.68 Å². The fraction of sp³-hybridized carbons (Fsp3) is 0.346. The number of nitrogens with zero attached hydrogens (tertiary/aromatic N) is 8. The summed E-state index contributed by atoms with van der Waals surface area (Å²) >= 11 is 0. The Labute approximate surface area is 268 Å². The summed E-state index contributed by atoms with van der Waals surface area (Å²) < 4.78 is 99.1. The zero-order valence-corrected chi connectivity index (χ0v) is 24.8. The number of carboxylic acids is 3. The first-order valence-corrected chi connectivity index (χ1v) is 13.2. The van der Waals surface area contributed by atoms with E-state index in [9.17, 15) is 39.5 Å². The van der Waals surface area contributed by atoms with Crippen molar-refractivity contribution in [2.45, 2.75) is 25.1 Å². The predicted molar refractivity (Wildman–Crippen MR) is 148 cm³/mol. The third-order valence-corrected chi connectivity index (χ3v) is 5.92. The quantitative estimate of drug-likeness (QED) is 0.261. The number of rotatable bonds is 4. The van der Waals surface area contributed by atoms with Crippen molar-refractivity contribution in [1.29, 1.82) is 0 Å². The summed E-state index contributed by atoms with van der Waals surface area (Å²) in [5.74, 6) is -7.33. The maximum atomic E-state index is 10.6. The monoisotopic (exact) mass is 716 g/mol. The molecule has 1 aliphatic heterocycles. The lowest BCUT2D eigenvalue weighted by atomic mass is 10.2. The number of aliphatic carboxylic acids is 3. The van der Waals surface area contributed by atoms with E-state index in [1.165, 1.54) is 0 Å². The van der Waals surface area contributed by atoms with E-state index >= 15 is 0 Å². The Balaban J connectivity index is 0.000000325. The van der Waals surface area contributed by atoms with Gasteiger partial charge in [-0.3, -0.25) is 19.0 Å². The maximum Gasteiger partial charge on any atom is 0.490 e. The molecule has 0 saturated carbocycles. The van der Waals surface area contributed by atoms with Crippen LogP contribution in [0.2, 0.25) is 0 Å². The fourth-order valence-corrected chi connectivity index (χ4v) is 3.73. The minimum absolute atomic E-state index is 0.888. The van der Waals surface area contributed by atoms with Crippen molar-refractivity contribution in [3.8, 4) is 11.3 Å². The summed E-state index contributed by atoms with van der Waals surface area (Å²) in [7, 11) is 1.92. The summed E-state index contributed by atoms with van der Waals surface area (Å²) in [5.41, 5.74) is 4.08. The van der Waals surface area contributed by atoms with E-state index in [2.05, 4.69) is 40.3 Å². The lowest BCUT2D eigenvalue weighted by molar-refractivity contribution is -0.193. The second-order valence-corrected chi connectivity index (χ2v) is 9.48. The summed E-state index contributed by atoms with van der Waals surface area (Å²) in [6, 6.07) is 6.08. The second-order valence-electron chi connectivity index (χ2n) is 9.48. The number of imidazole rings is 1. The topological polar surface area (TPSA) is 179 Å². The molecule has 0 aliphatic carbocycles. The molecular weight excluding hydrogens is 691 g/mol. The van der Waals surface area contributed by atoms with Crippen molar-refractivity contribution >= 4 is 29.4 Å². The van der Waals surface area contributed by atoms with E-state index in [4.69, 9.17) is 29.7 Å². The summed E-state index contributed by atoms with van der Waals surface area (Å²) in [6.07, 6.45) is -3.82. The Morgan fingerprint density at radius 3 is 1.71 bits per heavy atom. The SMILES string of the molecule is Cn1cc(-c2cnc3c(N4CCN(Cc5ccccn5)CC4)nccn23)cn1.O=C(O)C(F)(F)F.O=C(O)C(F)(F)F.O=C(O)C(F)(F)F. The number of piperazine rings is 1. The molecule has 0 atom stereocenters. The van der Waals surface area contributed by atoms with Gasteiger partial charge in [0.05, 0.1) is 23.8 Å². The van der Waals surface area contributed by atoms with E-state index in [0.29, 0.717) is 0 Å². The summed E-state index contributed by atoms with van der Waals surface area (Å²) in [4.78, 5) is 45.2. The standard InChI is InChI=1S/C20H22N8.3C2HF3O2/c1-25-14-16(12-24-25)18-13-23-20-19(22-6-7-28(18)20)27-10-8-26(9-11-27)15-17-4-2-3-5-21-17;3*3-2(4,5)1(6)7/h2-7,12-14H,8-11,15H2,1H3;3*(H,6,7). The number of alkyl halides is 9. The van der Waals surface area contributed by atoms with Gasteiger partial charge in [0, 0.05) is 70.1 Å². The van der Waals surface area contributed by atoms with Crippen LogP contribution in [0.4, 0.5) is 45.3 Å². The highest BCUT2D eigenvalue weighted by Crippen LogP contribution is 2.25. The van der Waals surface area contributed by atoms with Crippen molar-refractivity contribution < 1.29 is 69.2 Å². The molecule has 0 spiro atoms. The molecule has 5 heterocycles. The Morgan fingerprint density at radius 2 is 1.29 bits per heavy atom. The Morgan fingerprint density at radius 1 is 0.755 bits per heavy atom. The van der Waals surface area contributed by atoms with Gasteiger partial charge in [0.2, 0.25) is 0 Å². The number of fused-ring (bicyclic) bond motifs is 1. The minimum atomic E-state index is -5.08. The zero-order valence-electron chi connectivity index (χ0n) is 24.8. The molecule has 268 valence electrons. The van der Waals surface area contributed by atoms with Crippen LogP contribution in [-0.4, -0.2) is 112 Å². The van der Waals surface area contributed by atoms with Gasteiger partial charge < -0.3 is 20.2 Å². The molecule has 14 nitrogen and oxygen atoms in total. The van der Waals surface area contributed by atoms with E-state index in [0.717, 1.165) is 61.1 Å². The molecule has 23 heteroatoms. The third-order valence-electron chi connectivity index (χ3n) is 5.92. The molecular formula is C26H25F9N8O6. The van der Waals surface area contributed by atoms with E-state index in [1.807, 2.05) is 56.4 Å². The third kappa shape index (κ3) is 12.6. The van der Waals surface area contributed by atoms with Crippen LogP contribution in [-0.2, 0) is 28.0 Å². The van der Waals surface area contributed by atoms with Crippen LogP contribution in [0.15, 0.2) is 55.4 Å². The number of anilines is 1. The number of halogens is 9. The number of aromatic nitrogens is 6. The van der Waals surface area contributed by atoms with Crippen LogP contribution in [0.3, 0.4) is 0 Å². The van der Waals surface area contributed by atoms with Gasteiger partial charge in [-0.25, -0.2) is 24.4 Å². The minimum Gasteiger partial charge on any atom is -0.475 e. The predicted octanol–water partition coefficient (Wildman–Crippen LogP) is 3.75. The van der Waals surface area contributed by atoms with E-state index in [-0.39, 0.29) is 0 Å². The number of carbonyl (C=O) groups is 3. The van der Waals surface area contributed by atoms with E-state index < -0.39 is 36.4 Å². The second kappa shape index (κ2) is 16.6. The number of pyridine rings is 1. The molecule has 5 rings (SSSR count). The summed E-state index contributed by atoms with van der Waals surface area (Å²) in [6.45, 7) is 4.70. The summed E-state index contributed by atoms with van der Waals surface area (Å²) in [5, 5.41) is 25.6. The highest BCUT2D eigenvalue weighted by atomic mass is 19.4. The van der Waals surface area contributed by atoms with Gasteiger partial charge in [0.25, 0.3) is 0 Å². The molecule has 4 aromatic rings. The first kappa shape index (κ1) is 39.7. The molecule has 49 heavy (non-hydrogen) atoms. The smallest absolute Gasteiger partial charge is 0.475 e. The number of hydrogen-bond donors (Lipinski definition) is 3. The van der Waals surface area contributed by atoms with Crippen molar-refractivity contribution in [2.24, 2.45) is 7.05 Å². The van der Waals surface area contributed by atoms with Crippen molar-refractivity contribution in [1.82, 2.24) is 34.0 Å². The van der Waals surface area contributed by atoms with Gasteiger partial charge in [0.15, 0.2) is 11.5 Å². The lowest BCUT2D eigenvalue weighted by Crippen LogP contribution is -2.46. The fourth-order valence-electron chi connectivity index (χ4n) is 3.73. The molecule has 0 unspecified atom stereocenters. The lowest BCUT2D eigenvalue weighted by Gasteiger charge is -2.35. The molecule has 1 saturated heterocycles. The number of aryl methyl sites for hydroxylation is 1. The van der Waals surface area contributed by atoms with Crippen LogP contribution in [0, 0.1) is 0 Å². The zero-order chi connectivity index (χ0) is 37.2. The molecule has 1 fully saturated rings. The largest absolute Gasteiger partial charge is 0.490 e. The highest BCUT2D eigenvalue weighted by molar-refractivity contribution is 5.74. The van der Waals surface area contributed by atoms with Crippen LogP contribution >= 0.6 is 0 Å². The molecule has 0 bridgehead atoms. The van der Waals surface area contributed by atoms with Gasteiger partial charge in [-0.15, -0.1) is 0 Å². The van der Waals surface area contributed by atoms with Crippen LogP contribution in [0.5, 0.6) is 0 Å². The molecule has 0 aromatic carbocycles. The van der Waals surface area contributed by atoms with Gasteiger partial charge in [-0.1, -0.05) is 6.07 Å². The number of carboxylic acid groups (broad SMARTS) is 3. The molecule has 1 aliphatic rings. The molecule has 3 N–H and O–H groups in total. The molecule has 0 amide bonds. The first-order chi connectivity index (χ1) is 22.6. The van der Waals surface area contributed by atoms with Crippen molar-refractivity contribution in [3.63, 3.8) is 0 Å². The Bertz CT molecular complexity index is 1630.